The van der Waals surface area contributed by atoms with Gasteiger partial charge in [-0.3, -0.25) is 4.79 Å². The smallest absolute Gasteiger partial charge is 0.378 e. The monoisotopic (exact) mass is 316 g/mol. The molecular formula is C12H20ClF3N2O2. The van der Waals surface area contributed by atoms with Crippen LogP contribution in [0.25, 0.3) is 0 Å². The molecule has 20 heavy (non-hydrogen) atoms. The molecule has 118 valence electrons. The highest BCUT2D eigenvalue weighted by atomic mass is 35.5. The molecule has 1 saturated carbocycles. The predicted molar refractivity (Wildman–Crippen MR) is 69.8 cm³/mol. The highest BCUT2D eigenvalue weighted by Crippen LogP contribution is 2.37. The summed E-state index contributed by atoms with van der Waals surface area (Å²) in [4.78, 5) is 11.9. The number of hydrogen-bond acceptors (Lipinski definition) is 3. The zero-order valence-corrected chi connectivity index (χ0v) is 11.9. The first-order valence-corrected chi connectivity index (χ1v) is 6.65. The molecule has 0 aromatic carbocycles. The van der Waals surface area contributed by atoms with E-state index in [0.29, 0.717) is 26.0 Å². The van der Waals surface area contributed by atoms with Gasteiger partial charge in [0.05, 0.1) is 19.1 Å². The molecular weight excluding hydrogens is 297 g/mol. The molecule has 0 bridgehead atoms. The van der Waals surface area contributed by atoms with E-state index in [-0.39, 0.29) is 43.8 Å². The fourth-order valence-electron chi connectivity index (χ4n) is 2.65. The van der Waals surface area contributed by atoms with Gasteiger partial charge in [0.2, 0.25) is 5.91 Å². The Morgan fingerprint density at radius 3 is 2.65 bits per heavy atom. The maximum absolute atomic E-state index is 12.7. The van der Waals surface area contributed by atoms with Crippen LogP contribution >= 0.6 is 12.4 Å². The molecule has 0 spiro atoms. The molecule has 1 aliphatic heterocycles. The quantitative estimate of drug-likeness (QED) is 0.814. The van der Waals surface area contributed by atoms with Crippen LogP contribution in [0.3, 0.4) is 0 Å². The Kier molecular flexibility index (Phi) is 6.54. The van der Waals surface area contributed by atoms with Gasteiger partial charge < -0.3 is 15.4 Å². The molecule has 8 heteroatoms. The fourth-order valence-corrected chi connectivity index (χ4v) is 2.65. The summed E-state index contributed by atoms with van der Waals surface area (Å²) in [6.07, 6.45) is -2.88. The van der Waals surface area contributed by atoms with E-state index in [1.54, 1.807) is 0 Å². The second kappa shape index (κ2) is 7.47. The van der Waals surface area contributed by atoms with E-state index in [2.05, 4.69) is 10.6 Å². The molecule has 3 atom stereocenters. The lowest BCUT2D eigenvalue weighted by atomic mass is 9.85. The Labute approximate surface area is 122 Å². The number of nitrogens with one attached hydrogen (secondary N) is 2. The third kappa shape index (κ3) is 4.79. The second-order valence-electron chi connectivity index (χ2n) is 5.19. The van der Waals surface area contributed by atoms with Gasteiger partial charge in [-0.05, 0) is 19.3 Å². The van der Waals surface area contributed by atoms with E-state index in [9.17, 15) is 18.0 Å². The number of amides is 1. The Morgan fingerprint density at radius 2 is 2.05 bits per heavy atom. The van der Waals surface area contributed by atoms with Crippen molar-refractivity contribution in [2.75, 3.05) is 19.8 Å². The van der Waals surface area contributed by atoms with Crippen LogP contribution in [0.1, 0.15) is 25.7 Å². The van der Waals surface area contributed by atoms with Gasteiger partial charge in [-0.1, -0.05) is 6.42 Å². The van der Waals surface area contributed by atoms with E-state index in [1.807, 2.05) is 0 Å². The van der Waals surface area contributed by atoms with Crippen LogP contribution in [-0.4, -0.2) is 43.9 Å². The molecule has 3 unspecified atom stereocenters. The molecule has 2 N–H and O–H groups in total. The van der Waals surface area contributed by atoms with Crippen molar-refractivity contribution in [1.29, 1.82) is 0 Å². The van der Waals surface area contributed by atoms with E-state index < -0.39 is 18.1 Å². The highest BCUT2D eigenvalue weighted by Gasteiger charge is 2.42. The summed E-state index contributed by atoms with van der Waals surface area (Å²) in [5.74, 6) is -1.55. The average Bonchev–Trinajstić information content (AvgIpc) is 2.39. The molecule has 1 aliphatic carbocycles. The minimum atomic E-state index is -4.16. The number of halogens is 4. The van der Waals surface area contributed by atoms with E-state index in [0.717, 1.165) is 0 Å². The lowest BCUT2D eigenvalue weighted by Crippen LogP contribution is -2.54. The SMILES string of the molecule is Cl.O=C(NC1CCCC(C(F)(F)F)C1)C1COCCN1. The predicted octanol–water partition coefficient (Wildman–Crippen LogP) is 1.63. The summed E-state index contributed by atoms with van der Waals surface area (Å²) >= 11 is 0. The van der Waals surface area contributed by atoms with Crippen molar-refractivity contribution in [3.8, 4) is 0 Å². The molecule has 0 radical (unpaired) electrons. The summed E-state index contributed by atoms with van der Waals surface area (Å²) in [5.41, 5.74) is 0. The number of hydrogen-bond donors (Lipinski definition) is 2. The lowest BCUT2D eigenvalue weighted by molar-refractivity contribution is -0.184. The van der Waals surface area contributed by atoms with E-state index >= 15 is 0 Å². The third-order valence-corrected chi connectivity index (χ3v) is 3.72. The van der Waals surface area contributed by atoms with Gasteiger partial charge in [0.15, 0.2) is 0 Å². The van der Waals surface area contributed by atoms with Crippen molar-refractivity contribution in [3.05, 3.63) is 0 Å². The Balaban J connectivity index is 0.00000200. The number of morpholine rings is 1. The van der Waals surface area contributed by atoms with Gasteiger partial charge in [-0.15, -0.1) is 12.4 Å². The molecule has 0 aromatic heterocycles. The van der Waals surface area contributed by atoms with Gasteiger partial charge in [-0.2, -0.15) is 13.2 Å². The lowest BCUT2D eigenvalue weighted by Gasteiger charge is -2.32. The fraction of sp³-hybridized carbons (Fsp3) is 0.917. The van der Waals surface area contributed by atoms with Crippen LogP contribution in [0, 0.1) is 5.92 Å². The van der Waals surface area contributed by atoms with Gasteiger partial charge in [0, 0.05) is 12.6 Å². The molecule has 2 aliphatic rings. The standard InChI is InChI=1S/C12H19F3N2O2.ClH/c13-12(14,15)8-2-1-3-9(6-8)17-11(18)10-7-19-5-4-16-10;/h8-10,16H,1-7H2,(H,17,18);1H. The van der Waals surface area contributed by atoms with Crippen LogP contribution < -0.4 is 10.6 Å². The largest absolute Gasteiger partial charge is 0.391 e. The van der Waals surface area contributed by atoms with Gasteiger partial charge in [0.1, 0.15) is 6.04 Å². The zero-order chi connectivity index (χ0) is 13.9. The van der Waals surface area contributed by atoms with Crippen molar-refractivity contribution >= 4 is 18.3 Å². The Bertz CT molecular complexity index is 322. The zero-order valence-electron chi connectivity index (χ0n) is 11.0. The summed E-state index contributed by atoms with van der Waals surface area (Å²) < 4.78 is 43.1. The van der Waals surface area contributed by atoms with Gasteiger partial charge in [0.25, 0.3) is 0 Å². The maximum atomic E-state index is 12.7. The highest BCUT2D eigenvalue weighted by molar-refractivity contribution is 5.85. The molecule has 1 saturated heterocycles. The molecule has 4 nitrogen and oxygen atoms in total. The maximum Gasteiger partial charge on any atom is 0.391 e. The summed E-state index contributed by atoms with van der Waals surface area (Å²) in [6.45, 7) is 1.43. The molecule has 1 heterocycles. The minimum absolute atomic E-state index is 0. The van der Waals surface area contributed by atoms with Gasteiger partial charge in [-0.25, -0.2) is 0 Å². The molecule has 2 rings (SSSR count). The summed E-state index contributed by atoms with van der Waals surface area (Å²) in [5, 5.41) is 5.70. The van der Waals surface area contributed by atoms with Crippen LogP contribution in [0.5, 0.6) is 0 Å². The third-order valence-electron chi connectivity index (χ3n) is 3.72. The average molecular weight is 317 g/mol. The number of carbonyl (C=O) groups is 1. The normalized spacial score (nSPS) is 31.2. The summed E-state index contributed by atoms with van der Waals surface area (Å²) in [7, 11) is 0. The van der Waals surface area contributed by atoms with Crippen LogP contribution in [0.15, 0.2) is 0 Å². The van der Waals surface area contributed by atoms with Crippen molar-refractivity contribution < 1.29 is 22.7 Å². The Morgan fingerprint density at radius 1 is 1.30 bits per heavy atom. The topological polar surface area (TPSA) is 50.4 Å². The van der Waals surface area contributed by atoms with Crippen molar-refractivity contribution in [1.82, 2.24) is 10.6 Å². The first-order chi connectivity index (χ1) is 8.97. The second-order valence-corrected chi connectivity index (χ2v) is 5.19. The van der Waals surface area contributed by atoms with Crippen molar-refractivity contribution in [2.45, 2.75) is 43.9 Å². The molecule has 0 aromatic rings. The van der Waals surface area contributed by atoms with Crippen LogP contribution in [0.4, 0.5) is 13.2 Å². The van der Waals surface area contributed by atoms with Gasteiger partial charge >= 0.3 is 6.18 Å². The number of ether oxygens (including phenoxy) is 1. The van der Waals surface area contributed by atoms with Crippen molar-refractivity contribution in [3.63, 3.8) is 0 Å². The van der Waals surface area contributed by atoms with Crippen LogP contribution in [-0.2, 0) is 9.53 Å². The first kappa shape index (κ1) is 17.5. The molecule has 2 fully saturated rings. The first-order valence-electron chi connectivity index (χ1n) is 6.65. The van der Waals surface area contributed by atoms with Crippen LogP contribution in [0.2, 0.25) is 0 Å². The number of carbonyl (C=O) groups excluding carboxylic acids is 1. The Hall–Kier alpha value is -0.530. The number of alkyl halides is 3. The molecule has 1 amide bonds. The summed E-state index contributed by atoms with van der Waals surface area (Å²) in [6, 6.07) is -0.823. The van der Waals surface area contributed by atoms with E-state index in [1.165, 1.54) is 0 Å². The number of rotatable bonds is 2. The minimum Gasteiger partial charge on any atom is -0.378 e. The van der Waals surface area contributed by atoms with Crippen molar-refractivity contribution in [2.24, 2.45) is 5.92 Å². The van der Waals surface area contributed by atoms with E-state index in [4.69, 9.17) is 4.74 Å².